The molecule has 2 unspecified atom stereocenters. The second-order valence-corrected chi connectivity index (χ2v) is 5.09. The molecule has 0 amide bonds. The fourth-order valence-corrected chi connectivity index (χ4v) is 2.24. The minimum absolute atomic E-state index is 0.234. The van der Waals surface area contributed by atoms with Gasteiger partial charge in [0.25, 0.3) is 0 Å². The SMILES string of the molecule is CCC1CCN(CC(F)(F)C(F)F)CCC(C)N1. The number of rotatable bonds is 4. The number of alkyl halides is 4. The standard InChI is InChI=1S/C12H22F4N2/c1-3-10-5-7-18(6-4-9(2)17-10)8-12(15,16)11(13)14/h9-11,17H,3-8H2,1-2H3. The molecule has 1 aliphatic heterocycles. The van der Waals surface area contributed by atoms with Crippen LogP contribution in [0.25, 0.3) is 0 Å². The third kappa shape index (κ3) is 4.72. The topological polar surface area (TPSA) is 15.3 Å². The molecule has 0 aromatic rings. The summed E-state index contributed by atoms with van der Waals surface area (Å²) in [5.74, 6) is -3.91. The van der Waals surface area contributed by atoms with Gasteiger partial charge in [-0.2, -0.15) is 8.78 Å². The van der Waals surface area contributed by atoms with E-state index in [0.29, 0.717) is 19.5 Å². The zero-order valence-electron chi connectivity index (χ0n) is 10.9. The molecule has 0 aliphatic carbocycles. The second-order valence-electron chi connectivity index (χ2n) is 5.09. The zero-order valence-corrected chi connectivity index (χ0v) is 10.9. The molecule has 108 valence electrons. The Morgan fingerprint density at radius 1 is 1.28 bits per heavy atom. The second kappa shape index (κ2) is 6.70. The molecule has 0 aromatic carbocycles. The Hall–Kier alpha value is -0.360. The lowest BCUT2D eigenvalue weighted by molar-refractivity contribution is -0.143. The molecule has 0 saturated carbocycles. The van der Waals surface area contributed by atoms with Crippen molar-refractivity contribution in [1.29, 1.82) is 0 Å². The summed E-state index contributed by atoms with van der Waals surface area (Å²) < 4.78 is 50.4. The van der Waals surface area contributed by atoms with Gasteiger partial charge in [-0.25, -0.2) is 8.78 Å². The Morgan fingerprint density at radius 2 is 1.89 bits per heavy atom. The van der Waals surface area contributed by atoms with Crippen LogP contribution >= 0.6 is 0 Å². The smallest absolute Gasteiger partial charge is 0.311 e. The Bertz CT molecular complexity index is 248. The molecule has 0 radical (unpaired) electrons. The van der Waals surface area contributed by atoms with E-state index >= 15 is 0 Å². The minimum atomic E-state index is -3.91. The summed E-state index contributed by atoms with van der Waals surface area (Å²) in [6.07, 6.45) is -1.24. The van der Waals surface area contributed by atoms with E-state index in [1.165, 1.54) is 4.90 Å². The predicted octanol–water partition coefficient (Wildman–Crippen LogP) is 2.74. The molecular weight excluding hydrogens is 248 g/mol. The number of hydrogen-bond donors (Lipinski definition) is 1. The van der Waals surface area contributed by atoms with Gasteiger partial charge in [-0.05, 0) is 39.3 Å². The average Bonchev–Trinajstić information content (AvgIpc) is 2.27. The van der Waals surface area contributed by atoms with Gasteiger partial charge in [-0.15, -0.1) is 0 Å². The van der Waals surface area contributed by atoms with Crippen molar-refractivity contribution in [2.75, 3.05) is 19.6 Å². The van der Waals surface area contributed by atoms with E-state index in [2.05, 4.69) is 5.32 Å². The Balaban J connectivity index is 2.55. The molecule has 18 heavy (non-hydrogen) atoms. The molecule has 6 heteroatoms. The molecular formula is C12H22F4N2. The van der Waals surface area contributed by atoms with Gasteiger partial charge in [-0.1, -0.05) is 6.92 Å². The summed E-state index contributed by atoms with van der Waals surface area (Å²) in [4.78, 5) is 1.46. The van der Waals surface area contributed by atoms with E-state index in [1.807, 2.05) is 13.8 Å². The highest BCUT2D eigenvalue weighted by molar-refractivity contribution is 4.81. The summed E-state index contributed by atoms with van der Waals surface area (Å²) in [5, 5.41) is 3.41. The van der Waals surface area contributed by atoms with Gasteiger partial charge < -0.3 is 5.32 Å². The highest BCUT2D eigenvalue weighted by atomic mass is 19.3. The molecule has 1 fully saturated rings. The first-order chi connectivity index (χ1) is 8.35. The van der Waals surface area contributed by atoms with E-state index in [4.69, 9.17) is 0 Å². The van der Waals surface area contributed by atoms with Gasteiger partial charge in [0, 0.05) is 12.1 Å². The first-order valence-corrected chi connectivity index (χ1v) is 6.49. The Labute approximate surface area is 106 Å². The van der Waals surface area contributed by atoms with Gasteiger partial charge >= 0.3 is 12.3 Å². The summed E-state index contributed by atoms with van der Waals surface area (Å²) in [6.45, 7) is 4.07. The van der Waals surface area contributed by atoms with Crippen LogP contribution in [0.5, 0.6) is 0 Å². The molecule has 0 spiro atoms. The van der Waals surface area contributed by atoms with E-state index in [9.17, 15) is 17.6 Å². The zero-order chi connectivity index (χ0) is 13.8. The number of nitrogens with one attached hydrogen (secondary N) is 1. The van der Waals surface area contributed by atoms with Crippen molar-refractivity contribution in [3.8, 4) is 0 Å². The van der Waals surface area contributed by atoms with E-state index in [0.717, 1.165) is 12.8 Å². The monoisotopic (exact) mass is 270 g/mol. The van der Waals surface area contributed by atoms with Crippen LogP contribution in [0.3, 0.4) is 0 Å². The molecule has 1 heterocycles. The molecule has 2 atom stereocenters. The van der Waals surface area contributed by atoms with Crippen LogP contribution in [-0.2, 0) is 0 Å². The van der Waals surface area contributed by atoms with Gasteiger partial charge in [0.15, 0.2) is 0 Å². The number of hydrogen-bond acceptors (Lipinski definition) is 2. The van der Waals surface area contributed by atoms with E-state index in [-0.39, 0.29) is 12.1 Å². The van der Waals surface area contributed by atoms with Crippen molar-refractivity contribution in [1.82, 2.24) is 10.2 Å². The van der Waals surface area contributed by atoms with Crippen molar-refractivity contribution >= 4 is 0 Å². The van der Waals surface area contributed by atoms with Gasteiger partial charge in [0.1, 0.15) is 0 Å². The fourth-order valence-electron chi connectivity index (χ4n) is 2.24. The molecule has 2 nitrogen and oxygen atoms in total. The fraction of sp³-hybridized carbons (Fsp3) is 1.00. The van der Waals surface area contributed by atoms with Gasteiger partial charge in [0.05, 0.1) is 6.54 Å². The molecule has 1 saturated heterocycles. The third-order valence-electron chi connectivity index (χ3n) is 3.44. The Morgan fingerprint density at radius 3 is 2.44 bits per heavy atom. The van der Waals surface area contributed by atoms with Crippen LogP contribution in [-0.4, -0.2) is 49.0 Å². The number of halogens is 4. The van der Waals surface area contributed by atoms with Crippen LogP contribution in [0.1, 0.15) is 33.1 Å². The van der Waals surface area contributed by atoms with Gasteiger partial charge in [0.2, 0.25) is 0 Å². The lowest BCUT2D eigenvalue weighted by atomic mass is 10.1. The molecule has 1 N–H and O–H groups in total. The van der Waals surface area contributed by atoms with Crippen LogP contribution in [0.15, 0.2) is 0 Å². The molecule has 0 aromatic heterocycles. The lowest BCUT2D eigenvalue weighted by Crippen LogP contribution is -2.48. The minimum Gasteiger partial charge on any atom is -0.311 e. The normalized spacial score (nSPS) is 28.2. The molecule has 1 rings (SSSR count). The van der Waals surface area contributed by atoms with Crippen molar-refractivity contribution in [3.63, 3.8) is 0 Å². The predicted molar refractivity (Wildman–Crippen MR) is 63.3 cm³/mol. The number of nitrogens with zero attached hydrogens (tertiary/aromatic N) is 1. The molecule has 0 bridgehead atoms. The van der Waals surface area contributed by atoms with E-state index in [1.54, 1.807) is 0 Å². The highest BCUT2D eigenvalue weighted by Crippen LogP contribution is 2.24. The largest absolute Gasteiger partial charge is 0.319 e. The summed E-state index contributed by atoms with van der Waals surface area (Å²) in [7, 11) is 0. The van der Waals surface area contributed by atoms with E-state index < -0.39 is 18.9 Å². The summed E-state index contributed by atoms with van der Waals surface area (Å²) >= 11 is 0. The van der Waals surface area contributed by atoms with Crippen molar-refractivity contribution in [3.05, 3.63) is 0 Å². The maximum absolute atomic E-state index is 13.0. The van der Waals surface area contributed by atoms with Crippen LogP contribution < -0.4 is 5.32 Å². The quantitative estimate of drug-likeness (QED) is 0.790. The third-order valence-corrected chi connectivity index (χ3v) is 3.44. The van der Waals surface area contributed by atoms with Crippen LogP contribution in [0.4, 0.5) is 17.6 Å². The van der Waals surface area contributed by atoms with Crippen LogP contribution in [0, 0.1) is 0 Å². The maximum Gasteiger partial charge on any atom is 0.319 e. The van der Waals surface area contributed by atoms with Crippen molar-refractivity contribution < 1.29 is 17.6 Å². The Kier molecular flexibility index (Phi) is 5.85. The molecule has 1 aliphatic rings. The lowest BCUT2D eigenvalue weighted by Gasteiger charge is -2.33. The average molecular weight is 270 g/mol. The van der Waals surface area contributed by atoms with Crippen LogP contribution in [0.2, 0.25) is 0 Å². The van der Waals surface area contributed by atoms with Crippen molar-refractivity contribution in [2.24, 2.45) is 0 Å². The first-order valence-electron chi connectivity index (χ1n) is 6.49. The summed E-state index contributed by atoms with van der Waals surface area (Å²) in [5.41, 5.74) is 0. The maximum atomic E-state index is 13.0. The van der Waals surface area contributed by atoms with Crippen molar-refractivity contribution in [2.45, 2.75) is 57.5 Å². The highest BCUT2D eigenvalue weighted by Gasteiger charge is 2.42. The first kappa shape index (κ1) is 15.7. The van der Waals surface area contributed by atoms with Gasteiger partial charge in [-0.3, -0.25) is 4.90 Å². The summed E-state index contributed by atoms with van der Waals surface area (Å²) in [6, 6.07) is 0.515.